The molecule has 2 amide bonds. The van der Waals surface area contributed by atoms with Crippen LogP contribution in [0.15, 0.2) is 48.1 Å². The fourth-order valence-electron chi connectivity index (χ4n) is 7.33. The molecule has 9 heteroatoms. The summed E-state index contributed by atoms with van der Waals surface area (Å²) in [6, 6.07) is 4.01. The van der Waals surface area contributed by atoms with Gasteiger partial charge in [-0.25, -0.2) is 0 Å². The third-order valence-corrected chi connectivity index (χ3v) is 10.9. The highest BCUT2D eigenvalue weighted by atomic mass is 16.5. The van der Waals surface area contributed by atoms with Crippen molar-refractivity contribution in [3.8, 4) is 0 Å². The van der Waals surface area contributed by atoms with Crippen molar-refractivity contribution in [2.45, 2.75) is 85.0 Å². The van der Waals surface area contributed by atoms with E-state index >= 15 is 0 Å². The fourth-order valence-corrected chi connectivity index (χ4v) is 7.33. The van der Waals surface area contributed by atoms with Crippen LogP contribution < -0.4 is 16.0 Å². The van der Waals surface area contributed by atoms with E-state index in [9.17, 15) is 9.59 Å². The molecular formula is C33H50N6O3. The topological polar surface area (TPSA) is 98.8 Å². The Morgan fingerprint density at radius 3 is 2.62 bits per heavy atom. The molecule has 1 saturated carbocycles. The third kappa shape index (κ3) is 5.34. The Morgan fingerprint density at radius 1 is 1.19 bits per heavy atom. The number of nitrogens with one attached hydrogen (secondary N) is 3. The van der Waals surface area contributed by atoms with E-state index in [0.29, 0.717) is 37.9 Å². The molecule has 1 aliphatic carbocycles. The first kappa shape index (κ1) is 30.5. The van der Waals surface area contributed by atoms with Crippen LogP contribution in [-0.2, 0) is 20.1 Å². The molecule has 3 fully saturated rings. The quantitative estimate of drug-likeness (QED) is 0.434. The second-order valence-electron chi connectivity index (χ2n) is 13.3. The van der Waals surface area contributed by atoms with Gasteiger partial charge in [0.05, 0.1) is 11.1 Å². The number of pyridine rings is 1. The molecule has 2 saturated heterocycles. The Morgan fingerprint density at radius 2 is 2.00 bits per heavy atom. The standard InChI is InChI=1S/C33H50N6O3/c1-7-26-22-38(30(41)32(6)14-11-23(3)31(32,4)5)18-19-39(26)27-12-15-33(42-8-2,24-10-9-16-34-20-24)37-28(27)29(40)36-25-13-17-35-21-25/h9-10,12,15-16,20,23,25-26,35,37H,7-8,11,13-14,17-19,21-22H2,1-6H3,(H,36,40)/t23?,25-,26-,32?,33?/m1/s1. The first-order valence-electron chi connectivity index (χ1n) is 15.9. The predicted molar refractivity (Wildman–Crippen MR) is 164 cm³/mol. The average Bonchev–Trinajstić information content (AvgIpc) is 3.59. The minimum Gasteiger partial charge on any atom is -0.363 e. The van der Waals surface area contributed by atoms with Crippen molar-refractivity contribution in [1.82, 2.24) is 30.7 Å². The van der Waals surface area contributed by atoms with E-state index in [1.54, 1.807) is 12.4 Å². The number of hydrogen-bond donors (Lipinski definition) is 3. The summed E-state index contributed by atoms with van der Waals surface area (Å²) in [5, 5.41) is 10.1. The van der Waals surface area contributed by atoms with E-state index in [0.717, 1.165) is 50.0 Å². The Labute approximate surface area is 251 Å². The van der Waals surface area contributed by atoms with Gasteiger partial charge in [-0.2, -0.15) is 0 Å². The number of ether oxygens (including phenoxy) is 1. The highest BCUT2D eigenvalue weighted by Gasteiger charge is 2.56. The number of carbonyl (C=O) groups is 2. The lowest BCUT2D eigenvalue weighted by atomic mass is 9.65. The summed E-state index contributed by atoms with van der Waals surface area (Å²) in [6.07, 6.45) is 11.3. The zero-order chi connectivity index (χ0) is 30.1. The molecule has 3 N–H and O–H groups in total. The van der Waals surface area contributed by atoms with Gasteiger partial charge in [0.25, 0.3) is 5.91 Å². The summed E-state index contributed by atoms with van der Waals surface area (Å²) in [7, 11) is 0. The summed E-state index contributed by atoms with van der Waals surface area (Å²) in [5.74, 6) is 0.651. The van der Waals surface area contributed by atoms with E-state index in [4.69, 9.17) is 4.74 Å². The summed E-state index contributed by atoms with van der Waals surface area (Å²) in [6.45, 7) is 17.1. The molecule has 4 aliphatic rings. The molecule has 0 aromatic carbocycles. The second kappa shape index (κ2) is 12.0. The first-order chi connectivity index (χ1) is 20.1. The van der Waals surface area contributed by atoms with Crippen LogP contribution in [0.3, 0.4) is 0 Å². The van der Waals surface area contributed by atoms with Crippen molar-refractivity contribution in [3.05, 3.63) is 53.6 Å². The maximum absolute atomic E-state index is 14.1. The van der Waals surface area contributed by atoms with E-state index in [2.05, 4.69) is 65.4 Å². The largest absolute Gasteiger partial charge is 0.363 e. The van der Waals surface area contributed by atoms with Gasteiger partial charge in [0.2, 0.25) is 5.91 Å². The maximum atomic E-state index is 14.1. The van der Waals surface area contributed by atoms with Gasteiger partial charge in [0, 0.05) is 62.8 Å². The summed E-state index contributed by atoms with van der Waals surface area (Å²) in [4.78, 5) is 36.8. The molecule has 0 bridgehead atoms. The molecule has 1 aromatic heterocycles. The molecule has 0 radical (unpaired) electrons. The van der Waals surface area contributed by atoms with Crippen LogP contribution in [0.25, 0.3) is 0 Å². The van der Waals surface area contributed by atoms with Crippen LogP contribution in [0.2, 0.25) is 0 Å². The smallest absolute Gasteiger partial charge is 0.269 e. The highest BCUT2D eigenvalue weighted by Crippen LogP contribution is 2.56. The Balaban J connectivity index is 1.45. The lowest BCUT2D eigenvalue weighted by Gasteiger charge is -2.49. The van der Waals surface area contributed by atoms with Crippen molar-refractivity contribution < 1.29 is 14.3 Å². The van der Waals surface area contributed by atoms with Gasteiger partial charge >= 0.3 is 0 Å². The van der Waals surface area contributed by atoms with Crippen molar-refractivity contribution in [1.29, 1.82) is 0 Å². The number of amides is 2. The Kier molecular flexibility index (Phi) is 8.72. The normalized spacial score (nSPS) is 32.7. The van der Waals surface area contributed by atoms with Crippen molar-refractivity contribution in [2.75, 3.05) is 39.3 Å². The maximum Gasteiger partial charge on any atom is 0.269 e. The third-order valence-electron chi connectivity index (χ3n) is 10.9. The number of dihydropyridines is 1. The second-order valence-corrected chi connectivity index (χ2v) is 13.3. The van der Waals surface area contributed by atoms with Crippen LogP contribution >= 0.6 is 0 Å². The number of nitrogens with zero attached hydrogens (tertiary/aromatic N) is 3. The van der Waals surface area contributed by atoms with Crippen LogP contribution in [0.4, 0.5) is 0 Å². The summed E-state index contributed by atoms with van der Waals surface area (Å²) < 4.78 is 6.30. The van der Waals surface area contributed by atoms with Gasteiger partial charge in [0.1, 0.15) is 5.70 Å². The number of aromatic nitrogens is 1. The number of hydrogen-bond acceptors (Lipinski definition) is 7. The van der Waals surface area contributed by atoms with Crippen molar-refractivity contribution >= 4 is 11.8 Å². The number of carbonyl (C=O) groups excluding carboxylic acids is 2. The van der Waals surface area contributed by atoms with Crippen molar-refractivity contribution in [3.63, 3.8) is 0 Å². The fraction of sp³-hybridized carbons (Fsp3) is 0.667. The lowest BCUT2D eigenvalue weighted by molar-refractivity contribution is -0.150. The van der Waals surface area contributed by atoms with Gasteiger partial charge in [-0.15, -0.1) is 0 Å². The molecular weight excluding hydrogens is 528 g/mol. The Bertz CT molecular complexity index is 1210. The minimum absolute atomic E-state index is 0.0449. The van der Waals surface area contributed by atoms with Gasteiger partial charge in [-0.1, -0.05) is 40.7 Å². The van der Waals surface area contributed by atoms with Crippen molar-refractivity contribution in [2.24, 2.45) is 16.7 Å². The molecule has 5 atom stereocenters. The number of rotatable bonds is 8. The average molecular weight is 579 g/mol. The van der Waals surface area contributed by atoms with Crippen LogP contribution in [0.1, 0.15) is 72.8 Å². The van der Waals surface area contributed by atoms with E-state index in [-0.39, 0.29) is 34.7 Å². The van der Waals surface area contributed by atoms with E-state index in [1.165, 1.54) is 0 Å². The molecule has 4 heterocycles. The monoisotopic (exact) mass is 578 g/mol. The minimum atomic E-state index is -1.01. The van der Waals surface area contributed by atoms with Crippen LogP contribution in [0.5, 0.6) is 0 Å². The molecule has 230 valence electrons. The van der Waals surface area contributed by atoms with Gasteiger partial charge < -0.3 is 30.5 Å². The Hall–Kier alpha value is -2.91. The molecule has 9 nitrogen and oxygen atoms in total. The molecule has 5 rings (SSSR count). The zero-order valence-electron chi connectivity index (χ0n) is 26.3. The van der Waals surface area contributed by atoms with E-state index in [1.807, 2.05) is 31.2 Å². The van der Waals surface area contributed by atoms with E-state index < -0.39 is 5.72 Å². The van der Waals surface area contributed by atoms with Gasteiger partial charge in [-0.05, 0) is 68.7 Å². The van der Waals surface area contributed by atoms with Crippen LogP contribution in [0, 0.1) is 16.7 Å². The van der Waals surface area contributed by atoms with Crippen LogP contribution in [-0.4, -0.2) is 78.0 Å². The zero-order valence-corrected chi connectivity index (χ0v) is 26.3. The van der Waals surface area contributed by atoms with Gasteiger partial charge in [-0.3, -0.25) is 14.6 Å². The number of piperazine rings is 1. The molecule has 42 heavy (non-hydrogen) atoms. The van der Waals surface area contributed by atoms with Gasteiger partial charge in [0.15, 0.2) is 5.72 Å². The molecule has 0 spiro atoms. The number of allylic oxidation sites excluding steroid dienone is 1. The predicted octanol–water partition coefficient (Wildman–Crippen LogP) is 3.51. The highest BCUT2D eigenvalue weighted by molar-refractivity contribution is 5.95. The molecule has 3 aliphatic heterocycles. The molecule has 3 unspecified atom stereocenters. The molecule has 1 aromatic rings. The lowest BCUT2D eigenvalue weighted by Crippen LogP contribution is -2.59. The first-order valence-corrected chi connectivity index (χ1v) is 15.9. The summed E-state index contributed by atoms with van der Waals surface area (Å²) >= 11 is 0. The SMILES string of the molecule is CCOC1(c2cccnc2)C=CC(N2CCN(C(=O)C3(C)CCC(C)C3(C)C)C[C@H]2CC)=C(C(=O)N[C@@H]2CCNC2)N1. The summed E-state index contributed by atoms with van der Waals surface area (Å²) in [5.41, 5.74) is 0.761.